The minimum absolute atomic E-state index is 0.0264. The van der Waals surface area contributed by atoms with Crippen molar-refractivity contribution in [2.45, 2.75) is 39.4 Å². The highest BCUT2D eigenvalue weighted by Crippen LogP contribution is 2.28. The van der Waals surface area contributed by atoms with Crippen LogP contribution in [-0.2, 0) is 18.6 Å². The van der Waals surface area contributed by atoms with E-state index in [2.05, 4.69) is 31.1 Å². The Morgan fingerprint density at radius 3 is 2.65 bits per heavy atom. The van der Waals surface area contributed by atoms with E-state index < -0.39 is 0 Å². The van der Waals surface area contributed by atoms with E-state index in [1.807, 2.05) is 0 Å². The molecule has 5 heteroatoms. The van der Waals surface area contributed by atoms with Crippen LogP contribution in [0, 0.1) is 0 Å². The molecule has 0 aliphatic rings. The molecular formula is C15H18ClNO2S. The van der Waals surface area contributed by atoms with Crippen molar-refractivity contribution in [3.8, 4) is 5.75 Å². The third kappa shape index (κ3) is 3.72. The Balaban J connectivity index is 2.04. The first-order valence-corrected chi connectivity index (χ1v) is 7.63. The third-order valence-corrected chi connectivity index (χ3v) is 3.97. The zero-order chi connectivity index (χ0) is 14.8. The molecule has 0 radical (unpaired) electrons. The average molecular weight is 312 g/mol. The molecule has 0 saturated carbocycles. The summed E-state index contributed by atoms with van der Waals surface area (Å²) in [6.45, 7) is 6.78. The highest BCUT2D eigenvalue weighted by molar-refractivity contribution is 7.09. The Morgan fingerprint density at radius 1 is 1.35 bits per heavy atom. The second kappa shape index (κ2) is 6.12. The molecule has 0 amide bonds. The van der Waals surface area contributed by atoms with Crippen molar-refractivity contribution in [1.29, 1.82) is 0 Å². The zero-order valence-electron chi connectivity index (χ0n) is 11.8. The van der Waals surface area contributed by atoms with Gasteiger partial charge in [0.25, 0.3) is 0 Å². The van der Waals surface area contributed by atoms with E-state index in [0.29, 0.717) is 17.4 Å². The average Bonchev–Trinajstić information content (AvgIpc) is 2.86. The monoisotopic (exact) mass is 311 g/mol. The van der Waals surface area contributed by atoms with Crippen molar-refractivity contribution in [3.05, 3.63) is 44.9 Å². The molecule has 1 N–H and O–H groups in total. The number of hydrogen-bond donors (Lipinski definition) is 1. The molecule has 3 nitrogen and oxygen atoms in total. The van der Waals surface area contributed by atoms with Gasteiger partial charge in [0.1, 0.15) is 17.4 Å². The van der Waals surface area contributed by atoms with Gasteiger partial charge in [0.05, 0.1) is 17.3 Å². The molecule has 1 heterocycles. The number of benzene rings is 1. The summed E-state index contributed by atoms with van der Waals surface area (Å²) in [5, 5.41) is 12.5. The van der Waals surface area contributed by atoms with Crippen molar-refractivity contribution >= 4 is 22.9 Å². The maximum Gasteiger partial charge on any atom is 0.140 e. The van der Waals surface area contributed by atoms with Crippen molar-refractivity contribution in [2.75, 3.05) is 0 Å². The lowest BCUT2D eigenvalue weighted by molar-refractivity contribution is 0.280. The van der Waals surface area contributed by atoms with Crippen molar-refractivity contribution < 1.29 is 9.84 Å². The van der Waals surface area contributed by atoms with Crippen LogP contribution in [0.5, 0.6) is 5.75 Å². The van der Waals surface area contributed by atoms with E-state index in [9.17, 15) is 0 Å². The van der Waals surface area contributed by atoms with E-state index in [-0.39, 0.29) is 12.0 Å². The lowest BCUT2D eigenvalue weighted by Gasteiger charge is -2.14. The predicted molar refractivity (Wildman–Crippen MR) is 82.5 cm³/mol. The van der Waals surface area contributed by atoms with Gasteiger partial charge in [-0.1, -0.05) is 38.4 Å². The van der Waals surface area contributed by atoms with E-state index in [1.165, 1.54) is 0 Å². The van der Waals surface area contributed by atoms with Gasteiger partial charge >= 0.3 is 0 Å². The van der Waals surface area contributed by atoms with Crippen LogP contribution in [0.2, 0.25) is 5.02 Å². The van der Waals surface area contributed by atoms with Gasteiger partial charge < -0.3 is 9.84 Å². The number of nitrogens with zero attached hydrogens (tertiary/aromatic N) is 1. The summed E-state index contributed by atoms with van der Waals surface area (Å²) in [7, 11) is 0. The molecule has 20 heavy (non-hydrogen) atoms. The Morgan fingerprint density at radius 2 is 2.10 bits per heavy atom. The number of aliphatic hydroxyl groups excluding tert-OH is 1. The second-order valence-corrected chi connectivity index (χ2v) is 6.94. The van der Waals surface area contributed by atoms with Crippen LogP contribution < -0.4 is 4.74 Å². The fourth-order valence-electron chi connectivity index (χ4n) is 1.62. The molecule has 0 aliphatic heterocycles. The summed E-state index contributed by atoms with van der Waals surface area (Å²) in [6.07, 6.45) is 0. The second-order valence-electron chi connectivity index (χ2n) is 5.59. The minimum Gasteiger partial charge on any atom is -0.485 e. The number of halogens is 1. The fourth-order valence-corrected chi connectivity index (χ4v) is 2.81. The summed E-state index contributed by atoms with van der Waals surface area (Å²) in [4.78, 5) is 4.57. The molecule has 108 valence electrons. The SMILES string of the molecule is CC(C)(C)c1csc(COc2ccc(CO)cc2Cl)n1. The van der Waals surface area contributed by atoms with Gasteiger partial charge in [-0.05, 0) is 17.7 Å². The number of hydrogen-bond acceptors (Lipinski definition) is 4. The Labute approximate surface area is 128 Å². The van der Waals surface area contributed by atoms with Crippen LogP contribution in [0.3, 0.4) is 0 Å². The number of rotatable bonds is 4. The molecule has 0 bridgehead atoms. The summed E-state index contributed by atoms with van der Waals surface area (Å²) < 4.78 is 5.68. The highest BCUT2D eigenvalue weighted by Gasteiger charge is 2.17. The first kappa shape index (κ1) is 15.3. The molecule has 0 fully saturated rings. The van der Waals surface area contributed by atoms with Crippen LogP contribution in [0.25, 0.3) is 0 Å². The summed E-state index contributed by atoms with van der Waals surface area (Å²) in [5.74, 6) is 0.608. The van der Waals surface area contributed by atoms with Gasteiger partial charge in [-0.15, -0.1) is 11.3 Å². The highest BCUT2D eigenvalue weighted by atomic mass is 35.5. The molecule has 0 aliphatic carbocycles. The van der Waals surface area contributed by atoms with E-state index >= 15 is 0 Å². The van der Waals surface area contributed by atoms with E-state index in [4.69, 9.17) is 21.4 Å². The van der Waals surface area contributed by atoms with Crippen LogP contribution in [0.1, 0.15) is 37.0 Å². The Hall–Kier alpha value is -1.10. The van der Waals surface area contributed by atoms with Crippen LogP contribution in [-0.4, -0.2) is 10.1 Å². The smallest absolute Gasteiger partial charge is 0.140 e. The first-order valence-electron chi connectivity index (χ1n) is 6.37. The van der Waals surface area contributed by atoms with E-state index in [0.717, 1.165) is 16.3 Å². The lowest BCUT2D eigenvalue weighted by Crippen LogP contribution is -2.11. The van der Waals surface area contributed by atoms with Crippen LogP contribution in [0.15, 0.2) is 23.6 Å². The molecule has 1 aromatic heterocycles. The number of thiazole rings is 1. The Bertz CT molecular complexity index is 590. The topological polar surface area (TPSA) is 42.4 Å². The predicted octanol–water partition coefficient (Wildman–Crippen LogP) is 4.17. The molecule has 0 atom stereocenters. The van der Waals surface area contributed by atoms with E-state index in [1.54, 1.807) is 29.5 Å². The van der Waals surface area contributed by atoms with Crippen LogP contribution >= 0.6 is 22.9 Å². The molecule has 1 aromatic carbocycles. The maximum atomic E-state index is 9.03. The third-order valence-electron chi connectivity index (χ3n) is 2.85. The largest absolute Gasteiger partial charge is 0.485 e. The minimum atomic E-state index is -0.0264. The summed E-state index contributed by atoms with van der Waals surface area (Å²) in [6, 6.07) is 5.27. The van der Waals surface area contributed by atoms with Gasteiger partial charge in [-0.2, -0.15) is 0 Å². The van der Waals surface area contributed by atoms with Gasteiger partial charge in [0, 0.05) is 10.8 Å². The van der Waals surface area contributed by atoms with Gasteiger partial charge in [-0.3, -0.25) is 0 Å². The Kier molecular flexibility index (Phi) is 4.68. The molecule has 0 spiro atoms. The molecule has 2 rings (SSSR count). The standard InChI is InChI=1S/C15H18ClNO2S/c1-15(2,3)13-9-20-14(17-13)8-19-12-5-4-10(7-18)6-11(12)16/h4-6,9,18H,7-8H2,1-3H3. The normalized spacial score (nSPS) is 11.7. The lowest BCUT2D eigenvalue weighted by atomic mass is 9.93. The first-order chi connectivity index (χ1) is 9.40. The number of ether oxygens (including phenoxy) is 1. The molecule has 0 unspecified atom stereocenters. The maximum absolute atomic E-state index is 9.03. The number of aliphatic hydroxyl groups is 1. The van der Waals surface area contributed by atoms with Gasteiger partial charge in [0.2, 0.25) is 0 Å². The van der Waals surface area contributed by atoms with Crippen molar-refractivity contribution in [2.24, 2.45) is 0 Å². The van der Waals surface area contributed by atoms with Gasteiger partial charge in [-0.25, -0.2) is 4.98 Å². The fraction of sp³-hybridized carbons (Fsp3) is 0.400. The summed E-state index contributed by atoms with van der Waals surface area (Å²) >= 11 is 7.69. The zero-order valence-corrected chi connectivity index (χ0v) is 13.4. The number of aromatic nitrogens is 1. The van der Waals surface area contributed by atoms with Crippen molar-refractivity contribution in [3.63, 3.8) is 0 Å². The molecule has 0 saturated heterocycles. The summed E-state index contributed by atoms with van der Waals surface area (Å²) in [5.41, 5.74) is 1.89. The molecule has 2 aromatic rings. The quantitative estimate of drug-likeness (QED) is 0.921. The van der Waals surface area contributed by atoms with Crippen LogP contribution in [0.4, 0.5) is 0 Å². The van der Waals surface area contributed by atoms with Gasteiger partial charge in [0.15, 0.2) is 0 Å². The van der Waals surface area contributed by atoms with Crippen molar-refractivity contribution in [1.82, 2.24) is 4.98 Å². The molecular weight excluding hydrogens is 294 g/mol.